The molecule has 1 heterocycles. The first kappa shape index (κ1) is 18.2. The number of halogens is 1. The molecule has 118 valence electrons. The first-order valence-corrected chi connectivity index (χ1v) is 7.90. The Labute approximate surface area is 143 Å². The van der Waals surface area contributed by atoms with Crippen LogP contribution in [0.1, 0.15) is 12.5 Å². The Hall–Kier alpha value is -0.870. The molecule has 0 aromatic heterocycles. The molecule has 1 aliphatic heterocycles. The Morgan fingerprint density at radius 2 is 1.95 bits per heavy atom. The van der Waals surface area contributed by atoms with Gasteiger partial charge in [0, 0.05) is 26.7 Å². The largest absolute Gasteiger partial charge is 0.352 e. The molecule has 6 nitrogen and oxygen atoms in total. The van der Waals surface area contributed by atoms with Crippen LogP contribution in [0.4, 0.5) is 0 Å². The fraction of sp³-hybridized carbons (Fsp3) is 0.462. The highest BCUT2D eigenvalue weighted by Gasteiger charge is 2.16. The zero-order valence-electron chi connectivity index (χ0n) is 12.3. The molecule has 2 rings (SSSR count). The monoisotopic (exact) mass is 424 g/mol. The van der Waals surface area contributed by atoms with Crippen molar-refractivity contribution in [3.63, 3.8) is 0 Å². The van der Waals surface area contributed by atoms with E-state index in [1.165, 1.54) is 18.4 Å². The summed E-state index contributed by atoms with van der Waals surface area (Å²) in [6.45, 7) is 3.46. The van der Waals surface area contributed by atoms with Crippen molar-refractivity contribution in [1.29, 1.82) is 0 Å². The van der Waals surface area contributed by atoms with E-state index < -0.39 is 10.0 Å². The maximum absolute atomic E-state index is 11.9. The summed E-state index contributed by atoms with van der Waals surface area (Å²) in [5.41, 5.74) is 1.01. The van der Waals surface area contributed by atoms with Crippen LogP contribution in [0, 0.1) is 0 Å². The van der Waals surface area contributed by atoms with Crippen LogP contribution in [0.25, 0.3) is 0 Å². The molecule has 1 aromatic rings. The van der Waals surface area contributed by atoms with Gasteiger partial charge >= 0.3 is 0 Å². The van der Waals surface area contributed by atoms with Crippen molar-refractivity contribution in [3.8, 4) is 0 Å². The van der Waals surface area contributed by atoms with Gasteiger partial charge in [0.2, 0.25) is 10.0 Å². The van der Waals surface area contributed by atoms with E-state index >= 15 is 0 Å². The molecule has 2 N–H and O–H groups in total. The highest BCUT2D eigenvalue weighted by molar-refractivity contribution is 14.0. The molecule has 1 aromatic carbocycles. The normalized spacial score (nSPS) is 17.9. The lowest BCUT2D eigenvalue weighted by molar-refractivity contribution is 0.520. The fourth-order valence-electron chi connectivity index (χ4n) is 1.84. The quantitative estimate of drug-likeness (QED) is 0.708. The van der Waals surface area contributed by atoms with Crippen LogP contribution < -0.4 is 10.6 Å². The average molecular weight is 424 g/mol. The van der Waals surface area contributed by atoms with Crippen molar-refractivity contribution in [2.75, 3.05) is 20.6 Å². The third-order valence-electron chi connectivity index (χ3n) is 3.07. The third-order valence-corrected chi connectivity index (χ3v) is 4.90. The van der Waals surface area contributed by atoms with Gasteiger partial charge in [-0.15, -0.1) is 24.0 Å². The molecule has 8 heteroatoms. The molecular formula is C13H21IN4O2S. The lowest BCUT2D eigenvalue weighted by Crippen LogP contribution is -2.37. The molecule has 0 bridgehead atoms. The number of nitrogens with zero attached hydrogens (tertiary/aromatic N) is 2. The van der Waals surface area contributed by atoms with Crippen LogP contribution in [-0.4, -0.2) is 45.4 Å². The van der Waals surface area contributed by atoms with Gasteiger partial charge in [0.25, 0.3) is 0 Å². The molecule has 0 aliphatic carbocycles. The summed E-state index contributed by atoms with van der Waals surface area (Å²) in [7, 11) is -0.307. The van der Waals surface area contributed by atoms with E-state index in [-0.39, 0.29) is 24.0 Å². The van der Waals surface area contributed by atoms with Crippen molar-refractivity contribution in [1.82, 2.24) is 14.9 Å². The molecule has 0 saturated carbocycles. The van der Waals surface area contributed by atoms with Gasteiger partial charge < -0.3 is 10.6 Å². The van der Waals surface area contributed by atoms with Crippen LogP contribution in [-0.2, 0) is 16.6 Å². The second-order valence-corrected chi connectivity index (χ2v) is 7.17. The summed E-state index contributed by atoms with van der Waals surface area (Å²) in [5, 5.41) is 6.40. The van der Waals surface area contributed by atoms with Gasteiger partial charge in [-0.05, 0) is 24.6 Å². The van der Waals surface area contributed by atoms with Crippen molar-refractivity contribution >= 4 is 40.0 Å². The van der Waals surface area contributed by atoms with E-state index in [1.807, 2.05) is 12.1 Å². The molecule has 0 saturated heterocycles. The SMILES string of the molecule is CC1CN=C(NCc2ccc(S(=O)(=O)N(C)C)cc2)N1.I. The van der Waals surface area contributed by atoms with Gasteiger partial charge in [0.05, 0.1) is 11.4 Å². The third kappa shape index (κ3) is 4.55. The highest BCUT2D eigenvalue weighted by atomic mass is 127. The molecular weight excluding hydrogens is 403 g/mol. The topological polar surface area (TPSA) is 73.8 Å². The zero-order valence-corrected chi connectivity index (χ0v) is 15.5. The minimum absolute atomic E-state index is 0. The van der Waals surface area contributed by atoms with Crippen LogP contribution >= 0.6 is 24.0 Å². The minimum Gasteiger partial charge on any atom is -0.352 e. The van der Waals surface area contributed by atoms with Crippen molar-refractivity contribution < 1.29 is 8.42 Å². The summed E-state index contributed by atoms with van der Waals surface area (Å²) in [6.07, 6.45) is 0. The zero-order chi connectivity index (χ0) is 14.8. The number of hydrogen-bond acceptors (Lipinski definition) is 5. The second-order valence-electron chi connectivity index (χ2n) is 5.02. The van der Waals surface area contributed by atoms with E-state index in [0.717, 1.165) is 18.1 Å². The number of nitrogens with one attached hydrogen (secondary N) is 2. The predicted molar refractivity (Wildman–Crippen MR) is 94.5 cm³/mol. The van der Waals surface area contributed by atoms with E-state index in [1.54, 1.807) is 12.1 Å². The summed E-state index contributed by atoms with van der Waals surface area (Å²) in [4.78, 5) is 4.61. The summed E-state index contributed by atoms with van der Waals surface area (Å²) in [5.74, 6) is 0.794. The van der Waals surface area contributed by atoms with Crippen molar-refractivity contribution in [3.05, 3.63) is 29.8 Å². The molecule has 1 aliphatic rings. The summed E-state index contributed by atoms with van der Waals surface area (Å²) in [6, 6.07) is 7.23. The molecule has 1 unspecified atom stereocenters. The maximum Gasteiger partial charge on any atom is 0.242 e. The van der Waals surface area contributed by atoms with Gasteiger partial charge in [-0.2, -0.15) is 0 Å². The molecule has 21 heavy (non-hydrogen) atoms. The Morgan fingerprint density at radius 3 is 2.43 bits per heavy atom. The molecule has 0 fully saturated rings. The van der Waals surface area contributed by atoms with Gasteiger partial charge in [0.15, 0.2) is 5.96 Å². The Kier molecular flexibility index (Phi) is 6.41. The molecule has 0 amide bonds. The Bertz CT molecular complexity index is 599. The van der Waals surface area contributed by atoms with Gasteiger partial charge in [-0.3, -0.25) is 4.99 Å². The highest BCUT2D eigenvalue weighted by Crippen LogP contribution is 2.13. The number of benzene rings is 1. The fourth-order valence-corrected chi connectivity index (χ4v) is 2.74. The Balaban J connectivity index is 0.00000220. The van der Waals surface area contributed by atoms with E-state index in [4.69, 9.17) is 0 Å². The lowest BCUT2D eigenvalue weighted by Gasteiger charge is -2.12. The predicted octanol–water partition coefficient (Wildman–Crippen LogP) is 0.992. The minimum atomic E-state index is -3.35. The first-order valence-electron chi connectivity index (χ1n) is 6.46. The molecule has 0 radical (unpaired) electrons. The Morgan fingerprint density at radius 1 is 1.33 bits per heavy atom. The number of guanidine groups is 1. The van der Waals surface area contributed by atoms with Crippen LogP contribution in [0.15, 0.2) is 34.2 Å². The van der Waals surface area contributed by atoms with Crippen LogP contribution in [0.3, 0.4) is 0 Å². The number of sulfonamides is 1. The summed E-state index contributed by atoms with van der Waals surface area (Å²) >= 11 is 0. The van der Waals surface area contributed by atoms with Crippen molar-refractivity contribution in [2.24, 2.45) is 4.99 Å². The van der Waals surface area contributed by atoms with Crippen LogP contribution in [0.5, 0.6) is 0 Å². The van der Waals surface area contributed by atoms with Crippen LogP contribution in [0.2, 0.25) is 0 Å². The van der Waals surface area contributed by atoms with E-state index in [0.29, 0.717) is 17.5 Å². The maximum atomic E-state index is 11.9. The van der Waals surface area contributed by atoms with Gasteiger partial charge in [-0.1, -0.05) is 12.1 Å². The van der Waals surface area contributed by atoms with Crippen molar-refractivity contribution in [2.45, 2.75) is 24.4 Å². The standard InChI is InChI=1S/C13H20N4O2S.HI/c1-10-8-14-13(16-10)15-9-11-4-6-12(7-5-11)20(18,19)17(2)3;/h4-7,10H,8-9H2,1-3H3,(H2,14,15,16);1H. The lowest BCUT2D eigenvalue weighted by atomic mass is 10.2. The smallest absolute Gasteiger partial charge is 0.242 e. The number of hydrogen-bond donors (Lipinski definition) is 2. The second kappa shape index (κ2) is 7.41. The number of aliphatic imine (C=N–C) groups is 1. The van der Waals surface area contributed by atoms with E-state index in [2.05, 4.69) is 22.5 Å². The molecule has 0 spiro atoms. The molecule has 1 atom stereocenters. The first-order chi connectivity index (χ1) is 9.39. The average Bonchev–Trinajstić information content (AvgIpc) is 2.82. The van der Waals surface area contributed by atoms with E-state index in [9.17, 15) is 8.42 Å². The van der Waals surface area contributed by atoms with Gasteiger partial charge in [0.1, 0.15) is 0 Å². The summed E-state index contributed by atoms with van der Waals surface area (Å²) < 4.78 is 25.1. The van der Waals surface area contributed by atoms with Gasteiger partial charge in [-0.25, -0.2) is 12.7 Å². The number of rotatable bonds is 4.